The standard InChI is InChI=1S/C21H20N4O2/c22-20(26)15-4-3-5-16(12-15)21(27)23-17-9-7-14(8-10-17)18-13-25-11-2-1-6-19(25)24-18/h3-5,7-10,12-13H,1-2,6,11H2,(H2,22,26)(H,23,27). The zero-order valence-electron chi connectivity index (χ0n) is 14.8. The fraction of sp³-hybridized carbons (Fsp3) is 0.190. The van der Waals surface area contributed by atoms with Crippen LogP contribution in [0.4, 0.5) is 5.69 Å². The number of aryl methyl sites for hydroxylation is 2. The lowest BCUT2D eigenvalue weighted by Gasteiger charge is -2.11. The molecule has 2 amide bonds. The maximum Gasteiger partial charge on any atom is 0.255 e. The molecule has 136 valence electrons. The summed E-state index contributed by atoms with van der Waals surface area (Å²) in [4.78, 5) is 28.4. The predicted octanol–water partition coefficient (Wildman–Crippen LogP) is 3.24. The van der Waals surface area contributed by atoms with E-state index in [1.54, 1.807) is 18.2 Å². The van der Waals surface area contributed by atoms with Crippen molar-refractivity contribution < 1.29 is 9.59 Å². The van der Waals surface area contributed by atoms with E-state index in [9.17, 15) is 9.59 Å². The maximum absolute atomic E-state index is 12.4. The fourth-order valence-electron chi connectivity index (χ4n) is 3.29. The summed E-state index contributed by atoms with van der Waals surface area (Å²) in [5.41, 5.74) is 8.61. The molecule has 6 heteroatoms. The Morgan fingerprint density at radius 2 is 1.81 bits per heavy atom. The van der Waals surface area contributed by atoms with Gasteiger partial charge in [-0.05, 0) is 43.2 Å². The third-order valence-corrected chi connectivity index (χ3v) is 4.76. The van der Waals surface area contributed by atoms with Crippen LogP contribution in [0.5, 0.6) is 0 Å². The van der Waals surface area contributed by atoms with Crippen LogP contribution in [0.15, 0.2) is 54.7 Å². The Balaban J connectivity index is 1.49. The molecule has 0 saturated carbocycles. The molecule has 0 spiro atoms. The fourth-order valence-corrected chi connectivity index (χ4v) is 3.29. The largest absolute Gasteiger partial charge is 0.366 e. The molecule has 1 aliphatic heterocycles. The Kier molecular flexibility index (Phi) is 4.46. The highest BCUT2D eigenvalue weighted by molar-refractivity contribution is 6.06. The number of hydrogen-bond donors (Lipinski definition) is 2. The van der Waals surface area contributed by atoms with E-state index in [-0.39, 0.29) is 5.91 Å². The monoisotopic (exact) mass is 360 g/mol. The number of primary amides is 1. The minimum absolute atomic E-state index is 0.289. The molecule has 0 atom stereocenters. The van der Waals surface area contributed by atoms with Gasteiger partial charge in [-0.15, -0.1) is 0 Å². The van der Waals surface area contributed by atoms with Gasteiger partial charge in [0, 0.05) is 41.5 Å². The number of rotatable bonds is 4. The molecule has 0 fully saturated rings. The van der Waals surface area contributed by atoms with Gasteiger partial charge in [-0.1, -0.05) is 18.2 Å². The van der Waals surface area contributed by atoms with Crippen molar-refractivity contribution in [3.8, 4) is 11.3 Å². The van der Waals surface area contributed by atoms with Crippen LogP contribution in [-0.4, -0.2) is 21.4 Å². The normalized spacial score (nSPS) is 13.0. The number of nitrogens with one attached hydrogen (secondary N) is 1. The van der Waals surface area contributed by atoms with Gasteiger partial charge in [0.15, 0.2) is 0 Å². The molecule has 3 N–H and O–H groups in total. The Morgan fingerprint density at radius 1 is 1.04 bits per heavy atom. The van der Waals surface area contributed by atoms with E-state index in [1.807, 2.05) is 24.3 Å². The predicted molar refractivity (Wildman–Crippen MR) is 104 cm³/mol. The third kappa shape index (κ3) is 3.60. The van der Waals surface area contributed by atoms with E-state index in [0.29, 0.717) is 16.8 Å². The lowest BCUT2D eigenvalue weighted by Crippen LogP contribution is -2.15. The molecule has 0 aliphatic carbocycles. The lowest BCUT2D eigenvalue weighted by molar-refractivity contribution is 0.1000. The average molecular weight is 360 g/mol. The number of nitrogens with zero attached hydrogens (tertiary/aromatic N) is 2. The molecule has 6 nitrogen and oxygen atoms in total. The SMILES string of the molecule is NC(=O)c1cccc(C(=O)Nc2ccc(-c3cn4c(n3)CCCC4)cc2)c1. The molecule has 3 aromatic rings. The molecule has 0 radical (unpaired) electrons. The number of carbonyl (C=O) groups is 2. The zero-order valence-corrected chi connectivity index (χ0v) is 14.8. The summed E-state index contributed by atoms with van der Waals surface area (Å²) in [6.45, 7) is 1.03. The summed E-state index contributed by atoms with van der Waals surface area (Å²) in [6, 6.07) is 13.9. The number of anilines is 1. The minimum atomic E-state index is -0.559. The van der Waals surface area contributed by atoms with Crippen LogP contribution in [0.25, 0.3) is 11.3 Å². The van der Waals surface area contributed by atoms with Gasteiger partial charge in [0.25, 0.3) is 5.91 Å². The number of hydrogen-bond acceptors (Lipinski definition) is 3. The zero-order chi connectivity index (χ0) is 18.8. The number of amides is 2. The van der Waals surface area contributed by atoms with Crippen molar-refractivity contribution in [2.75, 3.05) is 5.32 Å². The van der Waals surface area contributed by atoms with Crippen molar-refractivity contribution in [2.24, 2.45) is 5.73 Å². The second-order valence-corrected chi connectivity index (χ2v) is 6.67. The smallest absolute Gasteiger partial charge is 0.255 e. The van der Waals surface area contributed by atoms with E-state index in [2.05, 4.69) is 16.1 Å². The van der Waals surface area contributed by atoms with Gasteiger partial charge in [0.2, 0.25) is 5.91 Å². The molecule has 1 aromatic heterocycles. The summed E-state index contributed by atoms with van der Waals surface area (Å²) in [5.74, 6) is 0.294. The first-order valence-corrected chi connectivity index (χ1v) is 8.98. The molecular weight excluding hydrogens is 340 g/mol. The summed E-state index contributed by atoms with van der Waals surface area (Å²) < 4.78 is 2.22. The van der Waals surface area contributed by atoms with Gasteiger partial charge in [-0.3, -0.25) is 9.59 Å². The third-order valence-electron chi connectivity index (χ3n) is 4.76. The van der Waals surface area contributed by atoms with Gasteiger partial charge in [0.1, 0.15) is 5.82 Å². The van der Waals surface area contributed by atoms with Crippen LogP contribution >= 0.6 is 0 Å². The Labute approximate surface area is 157 Å². The quantitative estimate of drug-likeness (QED) is 0.748. The summed E-state index contributed by atoms with van der Waals surface area (Å²) in [6.07, 6.45) is 5.51. The van der Waals surface area contributed by atoms with Gasteiger partial charge in [-0.2, -0.15) is 0 Å². The topological polar surface area (TPSA) is 90.0 Å². The van der Waals surface area contributed by atoms with E-state index < -0.39 is 5.91 Å². The van der Waals surface area contributed by atoms with Gasteiger partial charge in [-0.25, -0.2) is 4.98 Å². The van der Waals surface area contributed by atoms with Crippen molar-refractivity contribution in [3.63, 3.8) is 0 Å². The van der Waals surface area contributed by atoms with Crippen molar-refractivity contribution >= 4 is 17.5 Å². The molecule has 2 aromatic carbocycles. The number of aromatic nitrogens is 2. The van der Waals surface area contributed by atoms with Crippen molar-refractivity contribution in [1.82, 2.24) is 9.55 Å². The van der Waals surface area contributed by atoms with Gasteiger partial charge in [0.05, 0.1) is 5.69 Å². The van der Waals surface area contributed by atoms with E-state index in [0.717, 1.165) is 30.0 Å². The molecule has 2 heterocycles. The number of carbonyl (C=O) groups excluding carboxylic acids is 2. The van der Waals surface area contributed by atoms with Crippen molar-refractivity contribution in [2.45, 2.75) is 25.8 Å². The molecule has 27 heavy (non-hydrogen) atoms. The molecule has 1 aliphatic rings. The highest BCUT2D eigenvalue weighted by atomic mass is 16.2. The minimum Gasteiger partial charge on any atom is -0.366 e. The highest BCUT2D eigenvalue weighted by Crippen LogP contribution is 2.24. The molecule has 0 unspecified atom stereocenters. The lowest BCUT2D eigenvalue weighted by atomic mass is 10.1. The second kappa shape index (κ2) is 7.07. The molecule has 4 rings (SSSR count). The van der Waals surface area contributed by atoms with Crippen LogP contribution in [0.1, 0.15) is 39.4 Å². The average Bonchev–Trinajstić information content (AvgIpc) is 3.13. The van der Waals surface area contributed by atoms with E-state index >= 15 is 0 Å². The maximum atomic E-state index is 12.4. The molecule has 0 saturated heterocycles. The van der Waals surface area contributed by atoms with E-state index in [1.165, 1.54) is 18.9 Å². The first kappa shape index (κ1) is 17.0. The Bertz CT molecular complexity index is 982. The summed E-state index contributed by atoms with van der Waals surface area (Å²) in [5, 5.41) is 2.84. The Hall–Kier alpha value is -3.41. The van der Waals surface area contributed by atoms with Gasteiger partial charge < -0.3 is 15.6 Å². The van der Waals surface area contributed by atoms with Crippen LogP contribution in [0.3, 0.4) is 0 Å². The first-order valence-electron chi connectivity index (χ1n) is 8.98. The van der Waals surface area contributed by atoms with E-state index in [4.69, 9.17) is 10.7 Å². The highest BCUT2D eigenvalue weighted by Gasteiger charge is 2.13. The van der Waals surface area contributed by atoms with Crippen LogP contribution in [-0.2, 0) is 13.0 Å². The van der Waals surface area contributed by atoms with Crippen molar-refractivity contribution in [3.05, 3.63) is 71.7 Å². The van der Waals surface area contributed by atoms with Crippen LogP contribution in [0.2, 0.25) is 0 Å². The number of imidazole rings is 1. The van der Waals surface area contributed by atoms with Crippen molar-refractivity contribution in [1.29, 1.82) is 0 Å². The van der Waals surface area contributed by atoms with Crippen LogP contribution < -0.4 is 11.1 Å². The number of benzene rings is 2. The molecule has 0 bridgehead atoms. The summed E-state index contributed by atoms with van der Waals surface area (Å²) in [7, 11) is 0. The molecular formula is C21H20N4O2. The summed E-state index contributed by atoms with van der Waals surface area (Å²) >= 11 is 0. The first-order chi connectivity index (χ1) is 13.1. The number of fused-ring (bicyclic) bond motifs is 1. The van der Waals surface area contributed by atoms with Crippen LogP contribution in [0, 0.1) is 0 Å². The van der Waals surface area contributed by atoms with Gasteiger partial charge >= 0.3 is 0 Å². The Morgan fingerprint density at radius 3 is 2.56 bits per heavy atom. The number of nitrogens with two attached hydrogens (primary N) is 1. The second-order valence-electron chi connectivity index (χ2n) is 6.67.